The van der Waals surface area contributed by atoms with Gasteiger partial charge in [-0.2, -0.15) is 11.8 Å². The van der Waals surface area contributed by atoms with Crippen LogP contribution in [0.1, 0.15) is 39.0 Å². The molecule has 4 heteroatoms. The summed E-state index contributed by atoms with van der Waals surface area (Å²) in [6, 6.07) is -0.700. The Balaban J connectivity index is 2.32. The molecule has 0 radical (unpaired) electrons. The van der Waals surface area contributed by atoms with E-state index in [1.54, 1.807) is 11.8 Å². The maximum absolute atomic E-state index is 10.6. The van der Waals surface area contributed by atoms with Crippen LogP contribution in [0.5, 0.6) is 0 Å². The van der Waals surface area contributed by atoms with Gasteiger partial charge >= 0.3 is 5.97 Å². The summed E-state index contributed by atoms with van der Waals surface area (Å²) in [5.41, 5.74) is 5.50. The number of rotatable bonds is 5. The molecule has 0 bridgehead atoms. The van der Waals surface area contributed by atoms with Crippen LogP contribution in [0.25, 0.3) is 0 Å². The van der Waals surface area contributed by atoms with E-state index in [9.17, 15) is 4.79 Å². The molecule has 0 aliphatic heterocycles. The number of thioether (sulfide) groups is 1. The first-order valence-electron chi connectivity index (χ1n) is 5.75. The number of carboxylic acids is 1. The zero-order valence-corrected chi connectivity index (χ0v) is 10.1. The Morgan fingerprint density at radius 3 is 2.80 bits per heavy atom. The maximum Gasteiger partial charge on any atom is 0.321 e. The third-order valence-corrected chi connectivity index (χ3v) is 4.77. The van der Waals surface area contributed by atoms with Crippen molar-refractivity contribution in [2.75, 3.05) is 5.75 Å². The van der Waals surface area contributed by atoms with E-state index in [2.05, 4.69) is 6.92 Å². The maximum atomic E-state index is 10.6. The molecule has 1 aliphatic rings. The molecule has 2 unspecified atom stereocenters. The lowest BCUT2D eigenvalue weighted by Crippen LogP contribution is -2.34. The van der Waals surface area contributed by atoms with Gasteiger partial charge in [-0.3, -0.25) is 4.79 Å². The van der Waals surface area contributed by atoms with Gasteiger partial charge in [0.25, 0.3) is 0 Å². The summed E-state index contributed by atoms with van der Waals surface area (Å²) in [7, 11) is 0. The summed E-state index contributed by atoms with van der Waals surface area (Å²) in [5.74, 6) is 0.437. The van der Waals surface area contributed by atoms with Gasteiger partial charge in [-0.05, 0) is 18.8 Å². The molecular formula is C11H21NO2S. The molecule has 15 heavy (non-hydrogen) atoms. The summed E-state index contributed by atoms with van der Waals surface area (Å²) in [6.07, 6.45) is 6.36. The van der Waals surface area contributed by atoms with E-state index >= 15 is 0 Å². The molecule has 0 heterocycles. The summed E-state index contributed by atoms with van der Waals surface area (Å²) in [4.78, 5) is 10.6. The standard InChI is InChI=1S/C11H21NO2S/c1-2-8-5-3-4-6-10(8)15-7-9(12)11(13)14/h8-10H,2-7,12H2,1H3,(H,13,14)/t8?,9-,10?/m0/s1. The first-order valence-corrected chi connectivity index (χ1v) is 6.80. The molecule has 1 rings (SSSR count). The number of carbonyl (C=O) groups is 1. The highest BCUT2D eigenvalue weighted by Gasteiger charge is 2.25. The average Bonchev–Trinajstić information content (AvgIpc) is 2.26. The lowest BCUT2D eigenvalue weighted by atomic mass is 9.87. The van der Waals surface area contributed by atoms with Crippen molar-refractivity contribution in [3.8, 4) is 0 Å². The molecule has 0 aromatic carbocycles. The van der Waals surface area contributed by atoms with Gasteiger partial charge in [-0.1, -0.05) is 26.2 Å². The van der Waals surface area contributed by atoms with Crippen molar-refractivity contribution >= 4 is 17.7 Å². The fourth-order valence-corrected chi connectivity index (χ4v) is 3.69. The molecule has 3 atom stereocenters. The lowest BCUT2D eigenvalue weighted by Gasteiger charge is -2.30. The second-order valence-electron chi connectivity index (χ2n) is 4.27. The summed E-state index contributed by atoms with van der Waals surface area (Å²) >= 11 is 1.76. The molecule has 1 saturated carbocycles. The van der Waals surface area contributed by atoms with E-state index in [4.69, 9.17) is 10.8 Å². The molecule has 3 nitrogen and oxygen atoms in total. The Bertz CT molecular complexity index is 211. The van der Waals surface area contributed by atoms with E-state index in [1.165, 1.54) is 32.1 Å². The van der Waals surface area contributed by atoms with Crippen molar-refractivity contribution in [1.82, 2.24) is 0 Å². The second-order valence-corrected chi connectivity index (χ2v) is 5.54. The molecule has 0 aromatic heterocycles. The quantitative estimate of drug-likeness (QED) is 0.760. The van der Waals surface area contributed by atoms with Gasteiger partial charge < -0.3 is 10.8 Å². The van der Waals surface area contributed by atoms with Crippen molar-refractivity contribution in [2.24, 2.45) is 11.7 Å². The van der Waals surface area contributed by atoms with Gasteiger partial charge in [0.15, 0.2) is 0 Å². The lowest BCUT2D eigenvalue weighted by molar-refractivity contribution is -0.137. The molecular weight excluding hydrogens is 210 g/mol. The monoisotopic (exact) mass is 231 g/mol. The van der Waals surface area contributed by atoms with Gasteiger partial charge in [0.1, 0.15) is 6.04 Å². The third-order valence-electron chi connectivity index (χ3n) is 3.17. The molecule has 0 amide bonds. The number of hydrogen-bond acceptors (Lipinski definition) is 3. The first kappa shape index (κ1) is 12.8. The van der Waals surface area contributed by atoms with Crippen LogP contribution >= 0.6 is 11.8 Å². The predicted octanol–water partition coefficient (Wildman–Crippen LogP) is 2.10. The summed E-state index contributed by atoms with van der Waals surface area (Å²) < 4.78 is 0. The molecule has 3 N–H and O–H groups in total. The minimum absolute atomic E-state index is 0.552. The molecule has 0 aromatic rings. The van der Waals surface area contributed by atoms with E-state index < -0.39 is 12.0 Å². The van der Waals surface area contributed by atoms with Crippen LogP contribution in [-0.2, 0) is 4.79 Å². The number of nitrogens with two attached hydrogens (primary N) is 1. The van der Waals surface area contributed by atoms with Crippen molar-refractivity contribution in [3.05, 3.63) is 0 Å². The molecule has 0 spiro atoms. The largest absolute Gasteiger partial charge is 0.480 e. The summed E-state index contributed by atoms with van der Waals surface area (Å²) in [5, 5.41) is 9.33. The van der Waals surface area contributed by atoms with Crippen LogP contribution in [0, 0.1) is 5.92 Å². The highest BCUT2D eigenvalue weighted by Crippen LogP contribution is 2.35. The van der Waals surface area contributed by atoms with E-state index in [0.717, 1.165) is 5.92 Å². The van der Waals surface area contributed by atoms with Crippen LogP contribution in [-0.4, -0.2) is 28.1 Å². The van der Waals surface area contributed by atoms with Crippen LogP contribution in [0.4, 0.5) is 0 Å². The Kier molecular flexibility index (Phi) is 5.47. The van der Waals surface area contributed by atoms with E-state index in [1.807, 2.05) is 0 Å². The highest BCUT2D eigenvalue weighted by molar-refractivity contribution is 8.00. The molecule has 0 saturated heterocycles. The smallest absolute Gasteiger partial charge is 0.321 e. The van der Waals surface area contributed by atoms with Crippen LogP contribution in [0.3, 0.4) is 0 Å². The Hall–Kier alpha value is -0.220. The zero-order chi connectivity index (χ0) is 11.3. The Morgan fingerprint density at radius 2 is 2.20 bits per heavy atom. The SMILES string of the molecule is CCC1CCCCC1SC[C@H](N)C(=O)O. The molecule has 88 valence electrons. The highest BCUT2D eigenvalue weighted by atomic mass is 32.2. The van der Waals surface area contributed by atoms with Gasteiger partial charge in [0.05, 0.1) is 0 Å². The van der Waals surface area contributed by atoms with Gasteiger partial charge in [0.2, 0.25) is 0 Å². The fraction of sp³-hybridized carbons (Fsp3) is 0.909. The predicted molar refractivity (Wildman–Crippen MR) is 64.1 cm³/mol. The van der Waals surface area contributed by atoms with Crippen LogP contribution < -0.4 is 5.73 Å². The number of hydrogen-bond donors (Lipinski definition) is 2. The normalized spacial score (nSPS) is 28.7. The third kappa shape index (κ3) is 4.03. The molecule has 1 fully saturated rings. The number of aliphatic carboxylic acids is 1. The summed E-state index contributed by atoms with van der Waals surface area (Å²) in [6.45, 7) is 2.22. The van der Waals surface area contributed by atoms with E-state index in [-0.39, 0.29) is 0 Å². The van der Waals surface area contributed by atoms with Gasteiger partial charge in [0, 0.05) is 11.0 Å². The van der Waals surface area contributed by atoms with Crippen LogP contribution in [0.15, 0.2) is 0 Å². The fourth-order valence-electron chi connectivity index (χ4n) is 2.16. The van der Waals surface area contributed by atoms with Crippen molar-refractivity contribution < 1.29 is 9.90 Å². The first-order chi connectivity index (χ1) is 7.15. The van der Waals surface area contributed by atoms with Crippen molar-refractivity contribution in [1.29, 1.82) is 0 Å². The zero-order valence-electron chi connectivity index (χ0n) is 9.32. The van der Waals surface area contributed by atoms with Crippen LogP contribution in [0.2, 0.25) is 0 Å². The molecule has 1 aliphatic carbocycles. The van der Waals surface area contributed by atoms with Crippen molar-refractivity contribution in [2.45, 2.75) is 50.3 Å². The van der Waals surface area contributed by atoms with E-state index in [0.29, 0.717) is 11.0 Å². The Labute approximate surface area is 95.8 Å². The topological polar surface area (TPSA) is 63.3 Å². The average molecular weight is 231 g/mol. The van der Waals surface area contributed by atoms with Crippen molar-refractivity contribution in [3.63, 3.8) is 0 Å². The van der Waals surface area contributed by atoms with Gasteiger partial charge in [-0.15, -0.1) is 0 Å². The minimum Gasteiger partial charge on any atom is -0.480 e. The Morgan fingerprint density at radius 1 is 1.53 bits per heavy atom. The minimum atomic E-state index is -0.883. The van der Waals surface area contributed by atoms with Gasteiger partial charge in [-0.25, -0.2) is 0 Å². The number of carboxylic acid groups (broad SMARTS) is 1. The second kappa shape index (κ2) is 6.38.